The van der Waals surface area contributed by atoms with E-state index in [0.29, 0.717) is 22.8 Å². The molecule has 5 rings (SSSR count). The minimum absolute atomic E-state index is 0.126. The second-order valence-corrected chi connectivity index (χ2v) is 9.83. The first-order valence-corrected chi connectivity index (χ1v) is 13.4. The van der Waals surface area contributed by atoms with Gasteiger partial charge in [0.05, 0.1) is 35.4 Å². The number of rotatable bonds is 7. The molecule has 0 unspecified atom stereocenters. The zero-order valence-electron chi connectivity index (χ0n) is 24.3. The molecule has 0 saturated carbocycles. The van der Waals surface area contributed by atoms with Gasteiger partial charge in [-0.2, -0.15) is 0 Å². The second kappa shape index (κ2) is 11.6. The molecule has 218 valence electrons. The van der Waals surface area contributed by atoms with E-state index in [1.54, 1.807) is 37.3 Å². The summed E-state index contributed by atoms with van der Waals surface area (Å²) in [6.07, 6.45) is 2.63. The summed E-state index contributed by atoms with van der Waals surface area (Å²) in [6.45, 7) is 3.53. The molecule has 0 saturated heterocycles. The SMILES string of the molecule is COC(=O)c1cc(C=Nc2c(C)n(C)n(-c3ccccc3)c2=O)c(O)c(C=Nc2c(C)n(C)n(-c3ccccc3)c2=O)c1. The van der Waals surface area contributed by atoms with E-state index in [1.165, 1.54) is 41.0 Å². The van der Waals surface area contributed by atoms with Crippen molar-refractivity contribution < 1.29 is 14.6 Å². The third kappa shape index (κ3) is 5.23. The standard InChI is InChI=1S/C32H30N6O5/c1-20-27(30(40)37(35(20)3)25-12-8-6-9-13-25)33-18-23-16-22(32(42)43-5)17-24(29(23)39)19-34-28-21(2)36(4)38(31(28)41)26-14-10-7-11-15-26/h6-19,39H,1-5H3. The van der Waals surface area contributed by atoms with Gasteiger partial charge in [0.1, 0.15) is 5.75 Å². The van der Waals surface area contributed by atoms with E-state index >= 15 is 0 Å². The maximum absolute atomic E-state index is 13.3. The number of ether oxygens (including phenoxy) is 1. The molecular weight excluding hydrogens is 548 g/mol. The number of aromatic nitrogens is 4. The van der Waals surface area contributed by atoms with Gasteiger partial charge in [-0.15, -0.1) is 0 Å². The number of para-hydroxylation sites is 2. The molecule has 2 heterocycles. The largest absolute Gasteiger partial charge is 0.507 e. The summed E-state index contributed by atoms with van der Waals surface area (Å²) in [5.41, 5.74) is 2.65. The van der Waals surface area contributed by atoms with Crippen molar-refractivity contribution >= 4 is 29.8 Å². The Morgan fingerprint density at radius 3 is 1.51 bits per heavy atom. The topological polar surface area (TPSA) is 125 Å². The molecule has 0 bridgehead atoms. The molecule has 0 fully saturated rings. The fourth-order valence-corrected chi connectivity index (χ4v) is 4.79. The Morgan fingerprint density at radius 2 is 1.14 bits per heavy atom. The summed E-state index contributed by atoms with van der Waals surface area (Å²) in [7, 11) is 4.75. The van der Waals surface area contributed by atoms with E-state index in [1.807, 2.05) is 60.7 Å². The van der Waals surface area contributed by atoms with Crippen LogP contribution in [0.3, 0.4) is 0 Å². The van der Waals surface area contributed by atoms with Crippen LogP contribution in [0.5, 0.6) is 5.75 Å². The molecule has 0 radical (unpaired) electrons. The van der Waals surface area contributed by atoms with Gasteiger partial charge >= 0.3 is 5.97 Å². The number of hydrogen-bond donors (Lipinski definition) is 1. The maximum Gasteiger partial charge on any atom is 0.337 e. The van der Waals surface area contributed by atoms with Gasteiger partial charge in [-0.3, -0.25) is 19.0 Å². The summed E-state index contributed by atoms with van der Waals surface area (Å²) >= 11 is 0. The minimum atomic E-state index is -0.644. The van der Waals surface area contributed by atoms with Crippen molar-refractivity contribution in [1.82, 2.24) is 18.7 Å². The van der Waals surface area contributed by atoms with Crippen LogP contribution in [-0.2, 0) is 18.8 Å². The van der Waals surface area contributed by atoms with Gasteiger partial charge in [0.25, 0.3) is 11.1 Å². The lowest BCUT2D eigenvalue weighted by atomic mass is 10.0. The number of benzene rings is 3. The molecule has 0 aliphatic rings. The van der Waals surface area contributed by atoms with Crippen LogP contribution in [-0.4, -0.2) is 49.3 Å². The molecule has 11 heteroatoms. The zero-order chi connectivity index (χ0) is 30.8. The van der Waals surface area contributed by atoms with Crippen LogP contribution in [0.1, 0.15) is 32.9 Å². The first kappa shape index (κ1) is 28.8. The summed E-state index contributed by atoms with van der Waals surface area (Å²) in [4.78, 5) is 47.9. The summed E-state index contributed by atoms with van der Waals surface area (Å²) in [5.74, 6) is -0.886. The van der Waals surface area contributed by atoms with Crippen molar-refractivity contribution in [2.45, 2.75) is 13.8 Å². The van der Waals surface area contributed by atoms with Crippen molar-refractivity contribution in [1.29, 1.82) is 0 Å². The van der Waals surface area contributed by atoms with Crippen molar-refractivity contribution in [3.05, 3.63) is 122 Å². The average Bonchev–Trinajstić information content (AvgIpc) is 3.37. The molecule has 0 amide bonds. The number of esters is 1. The number of phenols is 1. The molecule has 0 aliphatic heterocycles. The summed E-state index contributed by atoms with van der Waals surface area (Å²) in [6, 6.07) is 21.1. The second-order valence-electron chi connectivity index (χ2n) is 9.83. The fraction of sp³-hybridized carbons (Fsp3) is 0.156. The molecule has 11 nitrogen and oxygen atoms in total. The van der Waals surface area contributed by atoms with Gasteiger partial charge in [0, 0.05) is 37.7 Å². The quantitative estimate of drug-likeness (QED) is 0.228. The van der Waals surface area contributed by atoms with Gasteiger partial charge in [-0.1, -0.05) is 36.4 Å². The molecule has 5 aromatic rings. The van der Waals surface area contributed by atoms with E-state index in [9.17, 15) is 19.5 Å². The van der Waals surface area contributed by atoms with Crippen LogP contribution >= 0.6 is 0 Å². The maximum atomic E-state index is 13.3. The highest BCUT2D eigenvalue weighted by atomic mass is 16.5. The highest BCUT2D eigenvalue weighted by Crippen LogP contribution is 2.26. The van der Waals surface area contributed by atoms with Crippen LogP contribution in [0.15, 0.2) is 92.4 Å². The predicted molar refractivity (Wildman–Crippen MR) is 165 cm³/mol. The number of phenolic OH excluding ortho intramolecular Hbond substituents is 1. The number of aromatic hydroxyl groups is 1. The Bertz CT molecular complexity index is 1880. The number of carbonyl (C=O) groups is 1. The first-order valence-electron chi connectivity index (χ1n) is 13.4. The highest BCUT2D eigenvalue weighted by Gasteiger charge is 2.18. The predicted octanol–water partition coefficient (Wildman–Crippen LogP) is 4.28. The third-order valence-corrected chi connectivity index (χ3v) is 7.30. The number of aliphatic imine (C=N–C) groups is 2. The van der Waals surface area contributed by atoms with Gasteiger partial charge in [0.15, 0.2) is 11.4 Å². The lowest BCUT2D eigenvalue weighted by molar-refractivity contribution is 0.0600. The van der Waals surface area contributed by atoms with E-state index < -0.39 is 5.97 Å². The highest BCUT2D eigenvalue weighted by molar-refractivity contribution is 5.99. The monoisotopic (exact) mass is 578 g/mol. The van der Waals surface area contributed by atoms with Crippen molar-refractivity contribution in [2.75, 3.05) is 7.11 Å². The zero-order valence-corrected chi connectivity index (χ0v) is 24.3. The Kier molecular flexibility index (Phi) is 7.80. The number of nitrogens with zero attached hydrogens (tertiary/aromatic N) is 6. The Hall–Kier alpha value is -5.71. The van der Waals surface area contributed by atoms with Crippen LogP contribution in [0.25, 0.3) is 11.4 Å². The van der Waals surface area contributed by atoms with E-state index in [4.69, 9.17) is 4.74 Å². The van der Waals surface area contributed by atoms with E-state index in [-0.39, 0.29) is 44.9 Å². The van der Waals surface area contributed by atoms with Crippen molar-refractivity contribution in [3.63, 3.8) is 0 Å². The normalized spacial score (nSPS) is 11.6. The smallest absolute Gasteiger partial charge is 0.337 e. The van der Waals surface area contributed by atoms with Gasteiger partial charge in [-0.05, 0) is 50.2 Å². The molecule has 2 aromatic heterocycles. The molecule has 0 atom stereocenters. The Labute approximate surface area is 246 Å². The molecule has 0 aliphatic carbocycles. The number of methoxy groups -OCH3 is 1. The Balaban J connectivity index is 1.58. The van der Waals surface area contributed by atoms with Crippen molar-refractivity contribution in [3.8, 4) is 17.1 Å². The molecular formula is C32H30N6O5. The van der Waals surface area contributed by atoms with Gasteiger partial charge in [0.2, 0.25) is 0 Å². The van der Waals surface area contributed by atoms with Crippen molar-refractivity contribution in [2.24, 2.45) is 24.1 Å². The lowest BCUT2D eigenvalue weighted by Gasteiger charge is -2.07. The van der Waals surface area contributed by atoms with E-state index in [2.05, 4.69) is 9.98 Å². The lowest BCUT2D eigenvalue weighted by Crippen LogP contribution is -2.19. The third-order valence-electron chi connectivity index (χ3n) is 7.30. The Morgan fingerprint density at radius 1 is 0.744 bits per heavy atom. The molecule has 3 aromatic carbocycles. The summed E-state index contributed by atoms with van der Waals surface area (Å²) in [5, 5.41) is 11.2. The molecule has 0 spiro atoms. The van der Waals surface area contributed by atoms with Gasteiger partial charge < -0.3 is 9.84 Å². The average molecular weight is 579 g/mol. The number of hydrogen-bond acceptors (Lipinski definition) is 7. The minimum Gasteiger partial charge on any atom is -0.507 e. The van der Waals surface area contributed by atoms with Crippen LogP contribution in [0.4, 0.5) is 11.4 Å². The first-order chi connectivity index (χ1) is 20.6. The van der Waals surface area contributed by atoms with Crippen LogP contribution < -0.4 is 11.1 Å². The molecule has 1 N–H and O–H groups in total. The van der Waals surface area contributed by atoms with Crippen LogP contribution in [0, 0.1) is 13.8 Å². The number of carbonyl (C=O) groups excluding carboxylic acids is 1. The fourth-order valence-electron chi connectivity index (χ4n) is 4.79. The molecule has 43 heavy (non-hydrogen) atoms. The summed E-state index contributed by atoms with van der Waals surface area (Å²) < 4.78 is 11.3. The van der Waals surface area contributed by atoms with Gasteiger partial charge in [-0.25, -0.2) is 24.1 Å². The van der Waals surface area contributed by atoms with E-state index in [0.717, 1.165) is 0 Å². The van der Waals surface area contributed by atoms with Crippen LogP contribution in [0.2, 0.25) is 0 Å².